The fraction of sp³-hybridized carbons (Fsp3) is 0.467. The van der Waals surface area contributed by atoms with Crippen LogP contribution in [-0.2, 0) is 4.79 Å². The molecule has 0 spiro atoms. The standard InChI is InChI=1S/C15H20ClN3O2/c16-11-5-4-8-13(9-11)18-14(20)10-17-15(21)19-12-6-2-1-3-7-12/h4-5,8-9,12H,1-3,6-7,10H2,(H,18,20)(H2,17,19,21). The van der Waals surface area contributed by atoms with E-state index in [0.717, 1.165) is 25.7 Å². The van der Waals surface area contributed by atoms with E-state index in [4.69, 9.17) is 11.6 Å². The maximum absolute atomic E-state index is 11.7. The second kappa shape index (κ2) is 7.88. The Bertz CT molecular complexity index is 501. The fourth-order valence-corrected chi connectivity index (χ4v) is 2.61. The van der Waals surface area contributed by atoms with Crippen molar-refractivity contribution in [2.75, 3.05) is 11.9 Å². The fourth-order valence-electron chi connectivity index (χ4n) is 2.42. The van der Waals surface area contributed by atoms with Crippen molar-refractivity contribution in [1.29, 1.82) is 0 Å². The van der Waals surface area contributed by atoms with Gasteiger partial charge in [0.15, 0.2) is 0 Å². The molecule has 3 N–H and O–H groups in total. The van der Waals surface area contributed by atoms with E-state index in [1.165, 1.54) is 6.42 Å². The lowest BCUT2D eigenvalue weighted by molar-refractivity contribution is -0.115. The summed E-state index contributed by atoms with van der Waals surface area (Å²) in [6, 6.07) is 6.82. The molecule has 1 aliphatic carbocycles. The molecule has 0 bridgehead atoms. The Kier molecular flexibility index (Phi) is 5.87. The van der Waals surface area contributed by atoms with Gasteiger partial charge in [0.25, 0.3) is 0 Å². The van der Waals surface area contributed by atoms with Gasteiger partial charge in [0.1, 0.15) is 0 Å². The van der Waals surface area contributed by atoms with Gasteiger partial charge in [-0.2, -0.15) is 0 Å². The molecule has 21 heavy (non-hydrogen) atoms. The largest absolute Gasteiger partial charge is 0.335 e. The summed E-state index contributed by atoms with van der Waals surface area (Å²) in [5.74, 6) is -0.281. The molecule has 0 saturated heterocycles. The van der Waals surface area contributed by atoms with Gasteiger partial charge in [-0.15, -0.1) is 0 Å². The molecule has 5 nitrogen and oxygen atoms in total. The van der Waals surface area contributed by atoms with Gasteiger partial charge in [0, 0.05) is 16.8 Å². The van der Waals surface area contributed by atoms with Crippen LogP contribution in [0.25, 0.3) is 0 Å². The van der Waals surface area contributed by atoms with Crippen LogP contribution < -0.4 is 16.0 Å². The van der Waals surface area contributed by atoms with Crippen molar-refractivity contribution < 1.29 is 9.59 Å². The minimum Gasteiger partial charge on any atom is -0.335 e. The van der Waals surface area contributed by atoms with Crippen LogP contribution in [0, 0.1) is 0 Å². The number of nitrogens with one attached hydrogen (secondary N) is 3. The number of hydrogen-bond donors (Lipinski definition) is 3. The van der Waals surface area contributed by atoms with Gasteiger partial charge in [-0.25, -0.2) is 4.79 Å². The zero-order valence-corrected chi connectivity index (χ0v) is 12.6. The normalized spacial score (nSPS) is 15.3. The summed E-state index contributed by atoms with van der Waals surface area (Å²) in [5.41, 5.74) is 0.613. The van der Waals surface area contributed by atoms with Crippen LogP contribution in [-0.4, -0.2) is 24.5 Å². The average molecular weight is 310 g/mol. The molecular formula is C15H20ClN3O2. The Balaban J connectivity index is 1.69. The lowest BCUT2D eigenvalue weighted by atomic mass is 9.96. The Hall–Kier alpha value is -1.75. The highest BCUT2D eigenvalue weighted by Gasteiger charge is 2.15. The van der Waals surface area contributed by atoms with Gasteiger partial charge in [-0.05, 0) is 31.0 Å². The molecule has 0 atom stereocenters. The molecular weight excluding hydrogens is 290 g/mol. The number of amides is 3. The quantitative estimate of drug-likeness (QED) is 0.800. The van der Waals surface area contributed by atoms with E-state index >= 15 is 0 Å². The Morgan fingerprint density at radius 2 is 1.95 bits per heavy atom. The summed E-state index contributed by atoms with van der Waals surface area (Å²) in [6.45, 7) is -0.0644. The van der Waals surface area contributed by atoms with Gasteiger partial charge >= 0.3 is 6.03 Å². The van der Waals surface area contributed by atoms with E-state index in [0.29, 0.717) is 10.7 Å². The lowest BCUT2D eigenvalue weighted by Gasteiger charge is -2.22. The van der Waals surface area contributed by atoms with Gasteiger partial charge in [0.05, 0.1) is 6.54 Å². The molecule has 114 valence electrons. The first-order valence-corrected chi connectivity index (χ1v) is 7.61. The van der Waals surface area contributed by atoms with E-state index < -0.39 is 0 Å². The third kappa shape index (κ3) is 5.63. The van der Waals surface area contributed by atoms with Crippen molar-refractivity contribution in [3.05, 3.63) is 29.3 Å². The topological polar surface area (TPSA) is 70.2 Å². The highest BCUT2D eigenvalue weighted by Crippen LogP contribution is 2.17. The highest BCUT2D eigenvalue weighted by atomic mass is 35.5. The van der Waals surface area contributed by atoms with Gasteiger partial charge in [-0.1, -0.05) is 36.9 Å². The number of carbonyl (C=O) groups excluding carboxylic acids is 2. The molecule has 1 fully saturated rings. The molecule has 0 heterocycles. The summed E-state index contributed by atoms with van der Waals surface area (Å²) in [5, 5.41) is 8.69. The molecule has 0 unspecified atom stereocenters. The molecule has 3 amide bonds. The predicted octanol–water partition coefficient (Wildman–Crippen LogP) is 2.91. The first-order valence-electron chi connectivity index (χ1n) is 7.23. The van der Waals surface area contributed by atoms with Crippen LogP contribution in [0.3, 0.4) is 0 Å². The Labute approximate surface area is 129 Å². The van der Waals surface area contributed by atoms with Crippen molar-refractivity contribution in [3.8, 4) is 0 Å². The smallest absolute Gasteiger partial charge is 0.315 e. The minimum atomic E-state index is -0.289. The van der Waals surface area contributed by atoms with E-state index in [9.17, 15) is 9.59 Å². The maximum Gasteiger partial charge on any atom is 0.315 e. The van der Waals surface area contributed by atoms with E-state index in [-0.39, 0.29) is 24.5 Å². The first-order chi connectivity index (χ1) is 10.1. The predicted molar refractivity (Wildman–Crippen MR) is 83.5 cm³/mol. The van der Waals surface area contributed by atoms with Crippen LogP contribution >= 0.6 is 11.6 Å². The second-order valence-corrected chi connectivity index (χ2v) is 5.66. The molecule has 0 aromatic heterocycles. The molecule has 6 heteroatoms. The van der Waals surface area contributed by atoms with Gasteiger partial charge in [-0.3, -0.25) is 4.79 Å². The summed E-state index contributed by atoms with van der Waals surface area (Å²) < 4.78 is 0. The molecule has 1 aromatic carbocycles. The third-order valence-corrected chi connectivity index (χ3v) is 3.69. The van der Waals surface area contributed by atoms with Crippen LogP contribution in [0.4, 0.5) is 10.5 Å². The van der Waals surface area contributed by atoms with Crippen LogP contribution in [0.15, 0.2) is 24.3 Å². The molecule has 1 aliphatic rings. The number of benzene rings is 1. The number of rotatable bonds is 4. The van der Waals surface area contributed by atoms with E-state index in [1.54, 1.807) is 24.3 Å². The van der Waals surface area contributed by atoms with Gasteiger partial charge < -0.3 is 16.0 Å². The zero-order chi connectivity index (χ0) is 15.1. The summed E-state index contributed by atoms with van der Waals surface area (Å²) in [4.78, 5) is 23.4. The monoisotopic (exact) mass is 309 g/mol. The van der Waals surface area contributed by atoms with Crippen molar-refractivity contribution in [3.63, 3.8) is 0 Å². The molecule has 0 radical (unpaired) electrons. The molecule has 2 rings (SSSR count). The number of hydrogen-bond acceptors (Lipinski definition) is 2. The Morgan fingerprint density at radius 3 is 2.67 bits per heavy atom. The summed E-state index contributed by atoms with van der Waals surface area (Å²) in [7, 11) is 0. The van der Waals surface area contributed by atoms with E-state index in [1.807, 2.05) is 0 Å². The maximum atomic E-state index is 11.7. The van der Waals surface area contributed by atoms with Crippen LogP contribution in [0.1, 0.15) is 32.1 Å². The third-order valence-electron chi connectivity index (χ3n) is 3.46. The Morgan fingerprint density at radius 1 is 1.19 bits per heavy atom. The van der Waals surface area contributed by atoms with E-state index in [2.05, 4.69) is 16.0 Å². The van der Waals surface area contributed by atoms with Crippen LogP contribution in [0.2, 0.25) is 5.02 Å². The number of urea groups is 1. The van der Waals surface area contributed by atoms with Gasteiger partial charge in [0.2, 0.25) is 5.91 Å². The average Bonchev–Trinajstić information content (AvgIpc) is 2.46. The SMILES string of the molecule is O=C(CNC(=O)NC1CCCCC1)Nc1cccc(Cl)c1. The number of halogens is 1. The molecule has 1 aromatic rings. The van der Waals surface area contributed by atoms with Crippen LogP contribution in [0.5, 0.6) is 0 Å². The molecule has 1 saturated carbocycles. The summed E-state index contributed by atoms with van der Waals surface area (Å²) in [6.07, 6.45) is 5.58. The highest BCUT2D eigenvalue weighted by molar-refractivity contribution is 6.30. The minimum absolute atomic E-state index is 0.0644. The van der Waals surface area contributed by atoms with Crippen molar-refractivity contribution in [1.82, 2.24) is 10.6 Å². The zero-order valence-electron chi connectivity index (χ0n) is 11.8. The van der Waals surface area contributed by atoms with Crippen molar-refractivity contribution in [2.24, 2.45) is 0 Å². The molecule has 0 aliphatic heterocycles. The summed E-state index contributed by atoms with van der Waals surface area (Å²) >= 11 is 5.83. The number of carbonyl (C=O) groups is 2. The first kappa shape index (κ1) is 15.6. The second-order valence-electron chi connectivity index (χ2n) is 5.22. The lowest BCUT2D eigenvalue weighted by Crippen LogP contribution is -2.45. The number of anilines is 1. The van der Waals surface area contributed by atoms with Crippen molar-refractivity contribution in [2.45, 2.75) is 38.1 Å². The van der Waals surface area contributed by atoms with Crippen molar-refractivity contribution >= 4 is 29.2 Å².